The molecule has 0 aliphatic heterocycles. The minimum atomic E-state index is 0.543. The van der Waals surface area contributed by atoms with Crippen molar-refractivity contribution in [2.75, 3.05) is 23.7 Å². The highest BCUT2D eigenvalue weighted by Gasteiger charge is 2.12. The maximum atomic E-state index is 5.88. The molecule has 0 bridgehead atoms. The first kappa shape index (κ1) is 19.0. The summed E-state index contributed by atoms with van der Waals surface area (Å²) in [6, 6.07) is 9.36. The number of rotatable bonds is 6. The molecule has 0 unspecified atom stereocenters. The second-order valence-electron chi connectivity index (χ2n) is 5.68. The maximum Gasteiger partial charge on any atom is 0.224 e. The maximum absolute atomic E-state index is 5.88. The second-order valence-corrected chi connectivity index (χ2v) is 8.34. The van der Waals surface area contributed by atoms with Crippen molar-refractivity contribution < 1.29 is 0 Å². The first-order valence-corrected chi connectivity index (χ1v) is 10.9. The van der Waals surface area contributed by atoms with E-state index in [0.29, 0.717) is 29.2 Å². The highest BCUT2D eigenvalue weighted by molar-refractivity contribution is 7.80. The zero-order valence-electron chi connectivity index (χ0n) is 14.5. The molecule has 28 heavy (non-hydrogen) atoms. The standard InChI is InChI=1S/C18H15ClN6S3/c19-11-1-3-12(4-2-11)23-18(26)22-7-6-21-17-24-13-5-9-27-15(13)14(25-17)16-20-8-10-28-16/h1-5,8-10H,6-7H2,(H,21,24,25)(H2,22,23,26). The first-order chi connectivity index (χ1) is 13.7. The number of thiocarbonyl (C=S) groups is 1. The van der Waals surface area contributed by atoms with Crippen LogP contribution in [0.5, 0.6) is 0 Å². The molecular formula is C18H15ClN6S3. The summed E-state index contributed by atoms with van der Waals surface area (Å²) in [4.78, 5) is 13.6. The molecule has 142 valence electrons. The van der Waals surface area contributed by atoms with E-state index in [2.05, 4.69) is 30.9 Å². The van der Waals surface area contributed by atoms with Crippen LogP contribution in [0.15, 0.2) is 47.3 Å². The molecule has 3 heterocycles. The van der Waals surface area contributed by atoms with E-state index in [4.69, 9.17) is 23.8 Å². The molecule has 0 saturated heterocycles. The monoisotopic (exact) mass is 446 g/mol. The third-order valence-corrected chi connectivity index (χ3v) is 5.92. The van der Waals surface area contributed by atoms with Gasteiger partial charge in [0.25, 0.3) is 0 Å². The van der Waals surface area contributed by atoms with E-state index in [0.717, 1.165) is 26.6 Å². The molecule has 0 spiro atoms. The number of hydrogen-bond acceptors (Lipinski definition) is 7. The van der Waals surface area contributed by atoms with Gasteiger partial charge in [0, 0.05) is 35.4 Å². The Labute approximate surface area is 180 Å². The van der Waals surface area contributed by atoms with Gasteiger partial charge < -0.3 is 16.0 Å². The summed E-state index contributed by atoms with van der Waals surface area (Å²) < 4.78 is 1.05. The van der Waals surface area contributed by atoms with Crippen LogP contribution in [0.4, 0.5) is 11.6 Å². The normalized spacial score (nSPS) is 10.8. The molecule has 0 saturated carbocycles. The summed E-state index contributed by atoms with van der Waals surface area (Å²) in [5.41, 5.74) is 2.67. The van der Waals surface area contributed by atoms with E-state index in [1.54, 1.807) is 28.9 Å². The summed E-state index contributed by atoms with van der Waals surface area (Å²) in [6.45, 7) is 1.24. The molecule has 1 aromatic carbocycles. The molecule has 0 radical (unpaired) electrons. The number of fused-ring (bicyclic) bond motifs is 1. The highest BCUT2D eigenvalue weighted by Crippen LogP contribution is 2.32. The largest absolute Gasteiger partial charge is 0.361 e. The van der Waals surface area contributed by atoms with E-state index in [9.17, 15) is 0 Å². The molecule has 0 fully saturated rings. The van der Waals surface area contributed by atoms with Crippen molar-refractivity contribution in [1.29, 1.82) is 0 Å². The van der Waals surface area contributed by atoms with Crippen LogP contribution in [0.3, 0.4) is 0 Å². The number of anilines is 2. The van der Waals surface area contributed by atoms with Crippen molar-refractivity contribution in [2.45, 2.75) is 0 Å². The van der Waals surface area contributed by atoms with Gasteiger partial charge in [-0.2, -0.15) is 0 Å². The van der Waals surface area contributed by atoms with Crippen LogP contribution in [-0.2, 0) is 0 Å². The molecule has 4 aromatic rings. The van der Waals surface area contributed by atoms with Gasteiger partial charge in [-0.05, 0) is 47.9 Å². The minimum Gasteiger partial charge on any atom is -0.361 e. The highest BCUT2D eigenvalue weighted by atomic mass is 35.5. The van der Waals surface area contributed by atoms with Gasteiger partial charge in [0.05, 0.1) is 10.2 Å². The smallest absolute Gasteiger partial charge is 0.224 e. The Bertz CT molecular complexity index is 1080. The van der Waals surface area contributed by atoms with E-state index in [1.165, 1.54) is 0 Å². The van der Waals surface area contributed by atoms with Gasteiger partial charge in [-0.3, -0.25) is 0 Å². The molecule has 3 aromatic heterocycles. The minimum absolute atomic E-state index is 0.543. The zero-order chi connectivity index (χ0) is 19.3. The number of nitrogens with zero attached hydrogens (tertiary/aromatic N) is 3. The van der Waals surface area contributed by atoms with Gasteiger partial charge in [0.1, 0.15) is 10.7 Å². The van der Waals surface area contributed by atoms with Gasteiger partial charge >= 0.3 is 0 Å². The molecule has 0 amide bonds. The molecular weight excluding hydrogens is 432 g/mol. The fraction of sp³-hybridized carbons (Fsp3) is 0.111. The van der Waals surface area contributed by atoms with Gasteiger partial charge in [0.15, 0.2) is 5.11 Å². The lowest BCUT2D eigenvalue weighted by atomic mass is 10.3. The second kappa shape index (κ2) is 8.78. The van der Waals surface area contributed by atoms with Gasteiger partial charge in [-0.25, -0.2) is 15.0 Å². The predicted molar refractivity (Wildman–Crippen MR) is 123 cm³/mol. The van der Waals surface area contributed by atoms with Gasteiger partial charge in [0.2, 0.25) is 5.95 Å². The van der Waals surface area contributed by atoms with Crippen LogP contribution in [0.2, 0.25) is 5.02 Å². The van der Waals surface area contributed by atoms with E-state index < -0.39 is 0 Å². The van der Waals surface area contributed by atoms with Crippen molar-refractivity contribution >= 4 is 73.5 Å². The molecule has 4 rings (SSSR count). The fourth-order valence-electron chi connectivity index (χ4n) is 2.49. The number of halogens is 1. The molecule has 0 aliphatic carbocycles. The number of nitrogens with one attached hydrogen (secondary N) is 3. The van der Waals surface area contributed by atoms with Gasteiger partial charge in [-0.15, -0.1) is 22.7 Å². The fourth-order valence-corrected chi connectivity index (χ4v) is 4.35. The summed E-state index contributed by atoms with van der Waals surface area (Å²) in [5, 5.41) is 15.6. The van der Waals surface area contributed by atoms with Crippen LogP contribution in [0.1, 0.15) is 0 Å². The third kappa shape index (κ3) is 4.56. The summed E-state index contributed by atoms with van der Waals surface area (Å²) in [7, 11) is 0. The van der Waals surface area contributed by atoms with Crippen LogP contribution >= 0.6 is 46.5 Å². The van der Waals surface area contributed by atoms with Crippen molar-refractivity contribution in [3.05, 3.63) is 52.3 Å². The Balaban J connectivity index is 1.34. The van der Waals surface area contributed by atoms with Crippen LogP contribution < -0.4 is 16.0 Å². The number of benzene rings is 1. The van der Waals surface area contributed by atoms with E-state index in [-0.39, 0.29) is 0 Å². The Morgan fingerprint density at radius 3 is 2.68 bits per heavy atom. The quantitative estimate of drug-likeness (QED) is 0.288. The lowest BCUT2D eigenvalue weighted by molar-refractivity contribution is 0.904. The lowest BCUT2D eigenvalue weighted by Gasteiger charge is -2.11. The van der Waals surface area contributed by atoms with Crippen LogP contribution in [0.25, 0.3) is 20.9 Å². The number of thiophene rings is 1. The average Bonchev–Trinajstić information content (AvgIpc) is 3.38. The number of hydrogen-bond donors (Lipinski definition) is 3. The molecule has 0 atom stereocenters. The average molecular weight is 447 g/mol. The van der Waals surface area contributed by atoms with Crippen LogP contribution in [-0.4, -0.2) is 33.2 Å². The third-order valence-electron chi connectivity index (χ3n) is 3.73. The zero-order valence-corrected chi connectivity index (χ0v) is 17.7. The Morgan fingerprint density at radius 1 is 1.04 bits per heavy atom. The Morgan fingerprint density at radius 2 is 1.89 bits per heavy atom. The summed E-state index contributed by atoms with van der Waals surface area (Å²) in [6.07, 6.45) is 1.78. The first-order valence-electron chi connectivity index (χ1n) is 8.38. The molecule has 3 N–H and O–H groups in total. The Kier molecular flexibility index (Phi) is 5.96. The van der Waals surface area contributed by atoms with Crippen molar-refractivity contribution in [2.24, 2.45) is 0 Å². The Hall–Kier alpha value is -2.33. The number of aromatic nitrogens is 3. The summed E-state index contributed by atoms with van der Waals surface area (Å²) in [5.74, 6) is 0.578. The topological polar surface area (TPSA) is 74.8 Å². The SMILES string of the molecule is S=C(NCCNc1nc(-c2nccs2)c2sccc2n1)Nc1ccc(Cl)cc1. The van der Waals surface area contributed by atoms with Crippen molar-refractivity contribution in [3.8, 4) is 10.7 Å². The van der Waals surface area contributed by atoms with Crippen LogP contribution in [0, 0.1) is 0 Å². The predicted octanol–water partition coefficient (Wildman–Crippen LogP) is 4.87. The molecule has 10 heteroatoms. The summed E-state index contributed by atoms with van der Waals surface area (Å²) >= 11 is 14.4. The van der Waals surface area contributed by atoms with Crippen molar-refractivity contribution in [1.82, 2.24) is 20.3 Å². The van der Waals surface area contributed by atoms with E-state index in [1.807, 2.05) is 41.1 Å². The molecule has 0 aliphatic rings. The van der Waals surface area contributed by atoms with Gasteiger partial charge in [-0.1, -0.05) is 11.6 Å². The number of thiazole rings is 1. The lowest BCUT2D eigenvalue weighted by Crippen LogP contribution is -2.32. The van der Waals surface area contributed by atoms with Crippen molar-refractivity contribution in [3.63, 3.8) is 0 Å². The van der Waals surface area contributed by atoms with E-state index >= 15 is 0 Å². The molecule has 6 nitrogen and oxygen atoms in total.